The van der Waals surface area contributed by atoms with Crippen molar-refractivity contribution in [3.63, 3.8) is 0 Å². The fourth-order valence-corrected chi connectivity index (χ4v) is 7.52. The van der Waals surface area contributed by atoms with Crippen molar-refractivity contribution in [2.24, 2.45) is 17.8 Å². The minimum atomic E-state index is -0.813. The van der Waals surface area contributed by atoms with Crippen LogP contribution < -0.4 is 5.30 Å². The molecule has 0 heterocycles. The van der Waals surface area contributed by atoms with E-state index in [2.05, 4.69) is 40.7 Å². The Balaban J connectivity index is 2.70. The second-order valence-corrected chi connectivity index (χ2v) is 10.7. The molecule has 1 aromatic carbocycles. The van der Waals surface area contributed by atoms with Crippen LogP contribution in [0.2, 0.25) is 0 Å². The normalized spacial score (nSPS) is 16.4. The summed E-state index contributed by atoms with van der Waals surface area (Å²) in [5.74, 6) is 2.35. The molecule has 0 nitrogen and oxygen atoms in total. The molecule has 25 heavy (non-hydrogen) atoms. The Hall–Kier alpha value is -0.420. The van der Waals surface area contributed by atoms with Crippen LogP contribution in [-0.2, 0) is 0 Å². The van der Waals surface area contributed by atoms with Gasteiger partial charge in [-0.1, -0.05) is 78.9 Å². The summed E-state index contributed by atoms with van der Waals surface area (Å²) in [6.07, 6.45) is 11.6. The minimum Gasteiger partial charge on any atom is -0.203 e. The Bertz CT molecular complexity index is 459. The van der Waals surface area contributed by atoms with Gasteiger partial charge in [-0.2, -0.15) is 0 Å². The van der Waals surface area contributed by atoms with Crippen LogP contribution in [0.5, 0.6) is 0 Å². The molecule has 0 fully saturated rings. The van der Waals surface area contributed by atoms with Crippen molar-refractivity contribution < 1.29 is 4.39 Å². The first-order valence-electron chi connectivity index (χ1n) is 10.6. The molecule has 2 heteroatoms. The zero-order valence-electron chi connectivity index (χ0n) is 17.3. The van der Waals surface area contributed by atoms with Gasteiger partial charge < -0.3 is 0 Å². The van der Waals surface area contributed by atoms with Gasteiger partial charge in [0.25, 0.3) is 0 Å². The molecular formula is C23H41FP+. The number of hydrogen-bond acceptors (Lipinski definition) is 0. The molecular weight excluding hydrogens is 326 g/mol. The lowest BCUT2D eigenvalue weighted by Crippen LogP contribution is -2.17. The topological polar surface area (TPSA) is 0 Å². The van der Waals surface area contributed by atoms with E-state index in [1.54, 1.807) is 6.07 Å². The highest BCUT2D eigenvalue weighted by atomic mass is 31.1. The van der Waals surface area contributed by atoms with Gasteiger partial charge in [-0.05, 0) is 42.7 Å². The lowest BCUT2D eigenvalue weighted by molar-refractivity contribution is 0.389. The molecule has 1 aromatic rings. The van der Waals surface area contributed by atoms with E-state index in [9.17, 15) is 4.39 Å². The van der Waals surface area contributed by atoms with Crippen LogP contribution in [0.25, 0.3) is 0 Å². The van der Waals surface area contributed by atoms with Gasteiger partial charge in [-0.15, -0.1) is 0 Å². The summed E-state index contributed by atoms with van der Waals surface area (Å²) in [5, 5.41) is 1.04. The molecule has 0 bridgehead atoms. The largest absolute Gasteiger partial charge is 0.203 e. The van der Waals surface area contributed by atoms with Crippen molar-refractivity contribution in [1.29, 1.82) is 0 Å². The second-order valence-electron chi connectivity index (χ2n) is 8.13. The first-order valence-corrected chi connectivity index (χ1v) is 12.5. The smallest absolute Gasteiger partial charge is 0.164 e. The van der Waals surface area contributed by atoms with E-state index in [0.29, 0.717) is 11.8 Å². The predicted molar refractivity (Wildman–Crippen MR) is 115 cm³/mol. The lowest BCUT2D eigenvalue weighted by atomic mass is 9.92. The Morgan fingerprint density at radius 1 is 0.840 bits per heavy atom. The first kappa shape index (κ1) is 22.6. The molecule has 0 aliphatic heterocycles. The van der Waals surface area contributed by atoms with Crippen LogP contribution in [0, 0.1) is 23.6 Å². The van der Waals surface area contributed by atoms with E-state index >= 15 is 0 Å². The summed E-state index contributed by atoms with van der Waals surface area (Å²) in [7, 11) is -0.813. The molecule has 0 aliphatic rings. The van der Waals surface area contributed by atoms with E-state index in [0.717, 1.165) is 11.2 Å². The quantitative estimate of drug-likeness (QED) is 0.320. The van der Waals surface area contributed by atoms with Gasteiger partial charge in [-0.25, -0.2) is 4.39 Å². The van der Waals surface area contributed by atoms with Crippen LogP contribution in [0.4, 0.5) is 4.39 Å². The number of benzene rings is 1. The summed E-state index contributed by atoms with van der Waals surface area (Å²) >= 11 is 0. The third-order valence-electron chi connectivity index (χ3n) is 5.57. The third kappa shape index (κ3) is 8.67. The van der Waals surface area contributed by atoms with Crippen LogP contribution in [0.1, 0.15) is 79.6 Å². The standard InChI is InChI=1S/C23H40FP/c1-6-11-19(4)17-25(23-14-10-9-13-22(23)24)18-20(5)15-16-21(8-3)12-7-2/h9-10,13-14,19-21H,6-8,11-12,15-18H2,1-5H3/p+1. The third-order valence-corrected chi connectivity index (χ3v) is 9.11. The highest BCUT2D eigenvalue weighted by Gasteiger charge is 2.27. The monoisotopic (exact) mass is 367 g/mol. The molecule has 144 valence electrons. The SMILES string of the molecule is CCCC(C)C[PH+](CC(C)CCC(CC)CCC)c1ccccc1F. The second kappa shape index (κ2) is 12.9. The summed E-state index contributed by atoms with van der Waals surface area (Å²) in [6, 6.07) is 7.56. The number of hydrogen-bond donors (Lipinski definition) is 0. The van der Waals surface area contributed by atoms with E-state index in [4.69, 9.17) is 0 Å². The molecule has 0 spiro atoms. The van der Waals surface area contributed by atoms with Crippen LogP contribution in [0.3, 0.4) is 0 Å². The lowest BCUT2D eigenvalue weighted by Gasteiger charge is -2.21. The van der Waals surface area contributed by atoms with Gasteiger partial charge in [0.2, 0.25) is 0 Å². The Labute approximate surface area is 157 Å². The molecule has 0 aliphatic carbocycles. The molecule has 0 saturated heterocycles. The molecule has 0 amide bonds. The summed E-state index contributed by atoms with van der Waals surface area (Å²) in [4.78, 5) is 0. The van der Waals surface area contributed by atoms with Crippen LogP contribution >= 0.6 is 7.92 Å². The van der Waals surface area contributed by atoms with Gasteiger partial charge >= 0.3 is 0 Å². The maximum absolute atomic E-state index is 14.4. The number of halogens is 1. The summed E-state index contributed by atoms with van der Waals surface area (Å²) < 4.78 is 14.4. The van der Waals surface area contributed by atoms with E-state index in [1.807, 2.05) is 12.1 Å². The molecule has 0 radical (unpaired) electrons. The van der Waals surface area contributed by atoms with Crippen molar-refractivity contribution >= 4 is 13.2 Å². The van der Waals surface area contributed by atoms with E-state index < -0.39 is 7.92 Å². The van der Waals surface area contributed by atoms with Gasteiger partial charge in [0.05, 0.1) is 12.3 Å². The van der Waals surface area contributed by atoms with Crippen molar-refractivity contribution in [1.82, 2.24) is 0 Å². The highest BCUT2D eigenvalue weighted by Crippen LogP contribution is 2.41. The van der Waals surface area contributed by atoms with Crippen LogP contribution in [0.15, 0.2) is 24.3 Å². The van der Waals surface area contributed by atoms with E-state index in [1.165, 1.54) is 57.3 Å². The fraction of sp³-hybridized carbons (Fsp3) is 0.739. The molecule has 4 atom stereocenters. The van der Waals surface area contributed by atoms with Gasteiger partial charge in [0.15, 0.2) is 5.82 Å². The molecule has 0 saturated carbocycles. The zero-order chi connectivity index (χ0) is 18.7. The fourth-order valence-electron chi connectivity index (χ4n) is 4.07. The summed E-state index contributed by atoms with van der Waals surface area (Å²) in [5.41, 5.74) is 0. The molecule has 0 aromatic heterocycles. The zero-order valence-corrected chi connectivity index (χ0v) is 18.3. The highest BCUT2D eigenvalue weighted by molar-refractivity contribution is 7.65. The van der Waals surface area contributed by atoms with Gasteiger partial charge in [-0.3, -0.25) is 0 Å². The van der Waals surface area contributed by atoms with Crippen molar-refractivity contribution in [3.8, 4) is 0 Å². The van der Waals surface area contributed by atoms with Gasteiger partial charge in [0.1, 0.15) is 5.30 Å². The summed E-state index contributed by atoms with van der Waals surface area (Å²) in [6.45, 7) is 11.6. The molecule has 0 N–H and O–H groups in total. The average molecular weight is 368 g/mol. The Kier molecular flexibility index (Phi) is 11.6. The van der Waals surface area contributed by atoms with Crippen molar-refractivity contribution in [2.75, 3.05) is 12.3 Å². The van der Waals surface area contributed by atoms with Crippen molar-refractivity contribution in [2.45, 2.75) is 79.6 Å². The Morgan fingerprint density at radius 2 is 1.44 bits per heavy atom. The maximum atomic E-state index is 14.4. The Morgan fingerprint density at radius 3 is 2.00 bits per heavy atom. The number of rotatable bonds is 13. The predicted octanol–water partition coefficient (Wildman–Crippen LogP) is 7.34. The maximum Gasteiger partial charge on any atom is 0.164 e. The molecule has 1 rings (SSSR count). The first-order chi connectivity index (χ1) is 12.0. The minimum absolute atomic E-state index is 0.0321. The molecule has 4 unspecified atom stereocenters. The van der Waals surface area contributed by atoms with Crippen LogP contribution in [-0.4, -0.2) is 12.3 Å². The van der Waals surface area contributed by atoms with Gasteiger partial charge in [0, 0.05) is 7.92 Å². The average Bonchev–Trinajstić information content (AvgIpc) is 2.58. The van der Waals surface area contributed by atoms with Crippen molar-refractivity contribution in [3.05, 3.63) is 30.1 Å². The van der Waals surface area contributed by atoms with E-state index in [-0.39, 0.29) is 5.82 Å².